The quantitative estimate of drug-likeness (QED) is 0.740. The van der Waals surface area contributed by atoms with Gasteiger partial charge in [-0.1, -0.05) is 55.5 Å². The summed E-state index contributed by atoms with van der Waals surface area (Å²) in [6.07, 6.45) is 0.444. The number of para-hydroxylation sites is 1. The predicted octanol–water partition coefficient (Wildman–Crippen LogP) is 4.62. The van der Waals surface area contributed by atoms with E-state index in [4.69, 9.17) is 0 Å². The van der Waals surface area contributed by atoms with Gasteiger partial charge in [0.25, 0.3) is 0 Å². The van der Waals surface area contributed by atoms with Crippen molar-refractivity contribution in [3.05, 3.63) is 77.6 Å². The lowest BCUT2D eigenvalue weighted by Crippen LogP contribution is -2.15. The zero-order valence-corrected chi connectivity index (χ0v) is 14.9. The lowest BCUT2D eigenvalue weighted by molar-refractivity contribution is -0.116. The van der Waals surface area contributed by atoms with Crippen LogP contribution < -0.4 is 5.32 Å². The summed E-state index contributed by atoms with van der Waals surface area (Å²) < 4.78 is 1.87. The van der Waals surface area contributed by atoms with Crippen LogP contribution in [0.25, 0.3) is 5.69 Å². The Labute approximate surface area is 148 Å². The zero-order chi connectivity index (χ0) is 17.8. The van der Waals surface area contributed by atoms with Crippen LogP contribution in [0.2, 0.25) is 0 Å². The highest BCUT2D eigenvalue weighted by Gasteiger charge is 2.17. The third kappa shape index (κ3) is 3.79. The van der Waals surface area contributed by atoms with Crippen LogP contribution in [0.15, 0.2) is 60.7 Å². The summed E-state index contributed by atoms with van der Waals surface area (Å²) >= 11 is 0. The van der Waals surface area contributed by atoms with E-state index in [-0.39, 0.29) is 11.8 Å². The van der Waals surface area contributed by atoms with Gasteiger partial charge in [0, 0.05) is 6.42 Å². The molecule has 128 valence electrons. The lowest BCUT2D eigenvalue weighted by Gasteiger charge is -2.12. The summed E-state index contributed by atoms with van der Waals surface area (Å²) in [4.78, 5) is 12.5. The third-order valence-corrected chi connectivity index (χ3v) is 4.42. The highest BCUT2D eigenvalue weighted by Crippen LogP contribution is 2.24. The molecule has 1 unspecified atom stereocenters. The molecule has 0 fully saturated rings. The lowest BCUT2D eigenvalue weighted by atomic mass is 9.97. The second-order valence-corrected chi connectivity index (χ2v) is 6.36. The van der Waals surface area contributed by atoms with Gasteiger partial charge in [-0.2, -0.15) is 5.10 Å². The van der Waals surface area contributed by atoms with Gasteiger partial charge in [0.2, 0.25) is 5.91 Å². The van der Waals surface area contributed by atoms with Gasteiger partial charge in [-0.05, 0) is 37.5 Å². The molecule has 0 aliphatic carbocycles. The topological polar surface area (TPSA) is 46.9 Å². The average molecular weight is 333 g/mol. The summed E-state index contributed by atoms with van der Waals surface area (Å²) in [7, 11) is 0. The molecule has 2 aromatic carbocycles. The smallest absolute Gasteiger partial charge is 0.225 e. The van der Waals surface area contributed by atoms with E-state index in [9.17, 15) is 4.79 Å². The Morgan fingerprint density at radius 2 is 1.64 bits per heavy atom. The van der Waals surface area contributed by atoms with Gasteiger partial charge in [-0.15, -0.1) is 0 Å². The van der Waals surface area contributed by atoms with Gasteiger partial charge in [-0.25, -0.2) is 4.68 Å². The van der Waals surface area contributed by atoms with Gasteiger partial charge in [0.05, 0.1) is 22.8 Å². The Hall–Kier alpha value is -2.88. The molecular weight excluding hydrogens is 310 g/mol. The molecule has 0 aliphatic rings. The van der Waals surface area contributed by atoms with Crippen molar-refractivity contribution < 1.29 is 4.79 Å². The maximum Gasteiger partial charge on any atom is 0.225 e. The molecule has 1 atom stereocenters. The van der Waals surface area contributed by atoms with E-state index in [2.05, 4.69) is 29.5 Å². The van der Waals surface area contributed by atoms with Crippen LogP contribution in [0.4, 0.5) is 5.69 Å². The number of nitrogens with one attached hydrogen (secondary N) is 1. The van der Waals surface area contributed by atoms with Gasteiger partial charge in [0.1, 0.15) is 0 Å². The number of aromatic nitrogens is 2. The van der Waals surface area contributed by atoms with Gasteiger partial charge >= 0.3 is 0 Å². The highest BCUT2D eigenvalue weighted by atomic mass is 16.1. The van der Waals surface area contributed by atoms with E-state index < -0.39 is 0 Å². The number of hydrogen-bond donors (Lipinski definition) is 1. The monoisotopic (exact) mass is 333 g/mol. The molecule has 0 spiro atoms. The second kappa shape index (κ2) is 7.34. The first-order chi connectivity index (χ1) is 12.1. The van der Waals surface area contributed by atoms with Crippen molar-refractivity contribution in [1.29, 1.82) is 0 Å². The molecule has 0 saturated heterocycles. The van der Waals surface area contributed by atoms with Crippen LogP contribution in [0.5, 0.6) is 0 Å². The fourth-order valence-electron chi connectivity index (χ4n) is 3.01. The minimum atomic E-state index is 0.00941. The van der Waals surface area contributed by atoms with Gasteiger partial charge in [-0.3, -0.25) is 4.79 Å². The fourth-order valence-corrected chi connectivity index (χ4v) is 3.01. The molecule has 3 rings (SSSR count). The molecule has 4 nitrogen and oxygen atoms in total. The molecular formula is C21H23N3O. The van der Waals surface area contributed by atoms with E-state index in [1.54, 1.807) is 0 Å². The summed E-state index contributed by atoms with van der Waals surface area (Å²) in [6, 6.07) is 20.0. The number of amides is 1. The number of nitrogens with zero attached hydrogens (tertiary/aromatic N) is 2. The van der Waals surface area contributed by atoms with Gasteiger partial charge in [0.15, 0.2) is 0 Å². The summed E-state index contributed by atoms with van der Waals surface area (Å²) in [5.41, 5.74) is 4.72. The van der Waals surface area contributed by atoms with Crippen molar-refractivity contribution in [2.45, 2.75) is 33.1 Å². The molecule has 0 bridgehead atoms. The molecule has 1 N–H and O–H groups in total. The van der Waals surface area contributed by atoms with Crippen LogP contribution in [0.3, 0.4) is 0 Å². The Morgan fingerprint density at radius 1 is 1.04 bits per heavy atom. The van der Waals surface area contributed by atoms with Crippen molar-refractivity contribution in [1.82, 2.24) is 9.78 Å². The zero-order valence-electron chi connectivity index (χ0n) is 14.9. The SMILES string of the molecule is Cc1nn(-c2ccccc2)c(C)c1NC(=O)CC(C)c1ccccc1. The number of aryl methyl sites for hydroxylation is 1. The average Bonchev–Trinajstić information content (AvgIpc) is 2.91. The van der Waals surface area contributed by atoms with E-state index in [0.29, 0.717) is 6.42 Å². The summed E-state index contributed by atoms with van der Waals surface area (Å²) in [6.45, 7) is 5.97. The normalized spacial score (nSPS) is 12.0. The molecule has 0 saturated carbocycles. The minimum Gasteiger partial charge on any atom is -0.323 e. The van der Waals surface area contributed by atoms with E-state index in [1.807, 2.05) is 67.1 Å². The molecule has 25 heavy (non-hydrogen) atoms. The first kappa shape index (κ1) is 17.0. The Bertz CT molecular complexity index is 854. The van der Waals surface area contributed by atoms with Crippen LogP contribution in [0.1, 0.15) is 36.2 Å². The van der Waals surface area contributed by atoms with Crippen molar-refractivity contribution in [2.75, 3.05) is 5.32 Å². The number of carbonyl (C=O) groups is 1. The maximum absolute atomic E-state index is 12.5. The number of anilines is 1. The van der Waals surface area contributed by atoms with Crippen molar-refractivity contribution in [3.63, 3.8) is 0 Å². The second-order valence-electron chi connectivity index (χ2n) is 6.36. The number of carbonyl (C=O) groups excluding carboxylic acids is 1. The Morgan fingerprint density at radius 3 is 2.28 bits per heavy atom. The molecule has 1 aromatic heterocycles. The number of hydrogen-bond acceptors (Lipinski definition) is 2. The van der Waals surface area contributed by atoms with Crippen molar-refractivity contribution in [3.8, 4) is 5.69 Å². The standard InChI is InChI=1S/C21H23N3O/c1-15(18-10-6-4-7-11-18)14-20(25)22-21-16(2)23-24(17(21)3)19-12-8-5-9-13-19/h4-13,15H,14H2,1-3H3,(H,22,25). The molecule has 0 aliphatic heterocycles. The van der Waals surface area contributed by atoms with Crippen molar-refractivity contribution >= 4 is 11.6 Å². The number of rotatable bonds is 5. The molecule has 1 amide bonds. The highest BCUT2D eigenvalue weighted by molar-refractivity contribution is 5.92. The summed E-state index contributed by atoms with van der Waals surface area (Å²) in [5.74, 6) is 0.182. The van der Waals surface area contributed by atoms with Crippen molar-refractivity contribution in [2.24, 2.45) is 0 Å². The molecule has 4 heteroatoms. The fraction of sp³-hybridized carbons (Fsp3) is 0.238. The number of benzene rings is 2. The molecule has 0 radical (unpaired) electrons. The third-order valence-electron chi connectivity index (χ3n) is 4.42. The van der Waals surface area contributed by atoms with E-state index in [0.717, 1.165) is 22.8 Å². The molecule has 1 heterocycles. The predicted molar refractivity (Wildman–Crippen MR) is 101 cm³/mol. The van der Waals surface area contributed by atoms with Crippen LogP contribution in [-0.4, -0.2) is 15.7 Å². The Balaban J connectivity index is 1.75. The van der Waals surface area contributed by atoms with E-state index in [1.165, 1.54) is 5.56 Å². The van der Waals surface area contributed by atoms with E-state index >= 15 is 0 Å². The molecule has 3 aromatic rings. The van der Waals surface area contributed by atoms with Crippen LogP contribution in [0, 0.1) is 13.8 Å². The maximum atomic E-state index is 12.5. The van der Waals surface area contributed by atoms with Crippen LogP contribution in [-0.2, 0) is 4.79 Å². The minimum absolute atomic E-state index is 0.00941. The van der Waals surface area contributed by atoms with Gasteiger partial charge < -0.3 is 5.32 Å². The summed E-state index contributed by atoms with van der Waals surface area (Å²) in [5, 5.41) is 7.62. The first-order valence-corrected chi connectivity index (χ1v) is 8.52. The Kier molecular flexibility index (Phi) is 4.98. The first-order valence-electron chi connectivity index (χ1n) is 8.52. The van der Waals surface area contributed by atoms with Crippen LogP contribution >= 0.6 is 0 Å². The largest absolute Gasteiger partial charge is 0.323 e.